The molecule has 0 aliphatic heterocycles. The highest BCUT2D eigenvalue weighted by Crippen LogP contribution is 2.31. The number of rotatable bonds is 5. The lowest BCUT2D eigenvalue weighted by atomic mass is 10.2. The second-order valence-corrected chi connectivity index (χ2v) is 7.15. The molecular weight excluding hydrogens is 326 g/mol. The molecule has 0 saturated heterocycles. The Hall–Kier alpha value is -1.92. The van der Waals surface area contributed by atoms with Crippen molar-refractivity contribution >= 4 is 40.3 Å². The van der Waals surface area contributed by atoms with Gasteiger partial charge in [-0.3, -0.25) is 9.20 Å². The van der Waals surface area contributed by atoms with E-state index in [9.17, 15) is 14.1 Å². The molecule has 1 aromatic carbocycles. The monoisotopic (exact) mass is 339 g/mol. The summed E-state index contributed by atoms with van der Waals surface area (Å²) in [6.45, 7) is 3.55. The number of hydrogen-bond donors (Lipinski definition) is 1. The van der Waals surface area contributed by atoms with Crippen LogP contribution in [0.15, 0.2) is 45.0 Å². The van der Waals surface area contributed by atoms with E-state index in [1.54, 1.807) is 19.9 Å². The average Bonchev–Trinajstić information content (AvgIpc) is 2.97. The summed E-state index contributed by atoms with van der Waals surface area (Å²) in [6.07, 6.45) is 4.44. The van der Waals surface area contributed by atoms with Gasteiger partial charge in [-0.05, 0) is 18.2 Å². The molecule has 1 unspecified atom stereocenters. The lowest BCUT2D eigenvalue weighted by Crippen LogP contribution is -2.08. The minimum atomic E-state index is -1.38. The molecular formula is C15H14ClNO4S. The molecule has 7 heteroatoms. The predicted octanol–water partition coefficient (Wildman–Crippen LogP) is 3.90. The van der Waals surface area contributed by atoms with Crippen molar-refractivity contribution in [1.82, 2.24) is 0 Å². The summed E-state index contributed by atoms with van der Waals surface area (Å²) < 4.78 is 17.1. The van der Waals surface area contributed by atoms with E-state index >= 15 is 0 Å². The molecule has 5 nitrogen and oxygen atoms in total. The Bertz CT molecular complexity index is 738. The van der Waals surface area contributed by atoms with Gasteiger partial charge in [0.25, 0.3) is 0 Å². The number of benzene rings is 1. The van der Waals surface area contributed by atoms with Crippen molar-refractivity contribution in [3.05, 3.63) is 46.9 Å². The van der Waals surface area contributed by atoms with E-state index in [-0.39, 0.29) is 21.5 Å². The van der Waals surface area contributed by atoms with E-state index in [0.717, 1.165) is 0 Å². The van der Waals surface area contributed by atoms with E-state index in [1.165, 1.54) is 30.9 Å². The molecule has 1 N–H and O–H groups in total. The zero-order chi connectivity index (χ0) is 16.3. The maximum absolute atomic E-state index is 12.2. The standard InChI is InChI=1S/C15H14ClNO4S/c1-9(2)22(20)14-5-11(15(18)19)13(6-12(14)16)17-7-10-3-4-21-8-10/h3-9H,1-2H3,(H,18,19). The highest BCUT2D eigenvalue weighted by Gasteiger charge is 2.19. The number of halogens is 1. The molecule has 0 saturated carbocycles. The molecule has 0 bridgehead atoms. The molecule has 0 aliphatic rings. The molecule has 2 rings (SSSR count). The predicted molar refractivity (Wildman–Crippen MR) is 85.9 cm³/mol. The Kier molecular flexibility index (Phi) is 5.15. The Morgan fingerprint density at radius 3 is 2.73 bits per heavy atom. The van der Waals surface area contributed by atoms with Gasteiger partial charge in [-0.15, -0.1) is 0 Å². The molecule has 2 aromatic rings. The van der Waals surface area contributed by atoms with Crippen molar-refractivity contribution in [2.45, 2.75) is 24.0 Å². The lowest BCUT2D eigenvalue weighted by molar-refractivity contribution is 0.0697. The van der Waals surface area contributed by atoms with Crippen molar-refractivity contribution < 1.29 is 18.5 Å². The van der Waals surface area contributed by atoms with Gasteiger partial charge in [-0.2, -0.15) is 0 Å². The summed E-state index contributed by atoms with van der Waals surface area (Å²) in [5.41, 5.74) is 0.846. The summed E-state index contributed by atoms with van der Waals surface area (Å²) >= 11 is 6.13. The van der Waals surface area contributed by atoms with Gasteiger partial charge in [-0.25, -0.2) is 4.79 Å². The average molecular weight is 340 g/mol. The first kappa shape index (κ1) is 16.5. The van der Waals surface area contributed by atoms with E-state index < -0.39 is 16.8 Å². The van der Waals surface area contributed by atoms with E-state index in [4.69, 9.17) is 16.0 Å². The zero-order valence-corrected chi connectivity index (χ0v) is 13.5. The van der Waals surface area contributed by atoms with Crippen LogP contribution in [0.3, 0.4) is 0 Å². The highest BCUT2D eigenvalue weighted by molar-refractivity contribution is 7.85. The smallest absolute Gasteiger partial charge is 0.337 e. The Morgan fingerprint density at radius 2 is 2.18 bits per heavy atom. The number of aromatic carboxylic acids is 1. The third-order valence-electron chi connectivity index (χ3n) is 2.82. The van der Waals surface area contributed by atoms with Crippen molar-refractivity contribution in [2.24, 2.45) is 4.99 Å². The molecule has 0 amide bonds. The fourth-order valence-electron chi connectivity index (χ4n) is 1.72. The van der Waals surface area contributed by atoms with Gasteiger partial charge in [0.1, 0.15) is 0 Å². The number of carboxylic acid groups (broad SMARTS) is 1. The molecule has 22 heavy (non-hydrogen) atoms. The van der Waals surface area contributed by atoms with Gasteiger partial charge in [0.2, 0.25) is 0 Å². The number of nitrogens with zero attached hydrogens (tertiary/aromatic N) is 1. The van der Waals surface area contributed by atoms with Crippen LogP contribution in [0.25, 0.3) is 0 Å². The third kappa shape index (κ3) is 3.64. The van der Waals surface area contributed by atoms with Gasteiger partial charge in [0.15, 0.2) is 0 Å². The van der Waals surface area contributed by atoms with Crippen LogP contribution in [0.4, 0.5) is 5.69 Å². The molecule has 1 atom stereocenters. The SMILES string of the molecule is CC(C)S(=O)c1cc(C(=O)O)c(N=Cc2ccoc2)cc1Cl. The largest absolute Gasteiger partial charge is 0.478 e. The Balaban J connectivity index is 2.48. The topological polar surface area (TPSA) is 79.9 Å². The quantitative estimate of drug-likeness (QED) is 0.838. The second kappa shape index (κ2) is 6.89. The fraction of sp³-hybridized carbons (Fsp3) is 0.200. The van der Waals surface area contributed by atoms with Crippen LogP contribution in [0, 0.1) is 0 Å². The van der Waals surface area contributed by atoms with Gasteiger partial charge in [0, 0.05) is 17.0 Å². The minimum Gasteiger partial charge on any atom is -0.478 e. The van der Waals surface area contributed by atoms with Crippen molar-refractivity contribution in [1.29, 1.82) is 0 Å². The van der Waals surface area contributed by atoms with E-state index in [2.05, 4.69) is 4.99 Å². The third-order valence-corrected chi connectivity index (χ3v) is 4.87. The van der Waals surface area contributed by atoms with Crippen LogP contribution in [-0.2, 0) is 10.8 Å². The summed E-state index contributed by atoms with van der Waals surface area (Å²) in [5, 5.41) is 9.39. The van der Waals surface area contributed by atoms with Crippen LogP contribution in [0.2, 0.25) is 5.02 Å². The van der Waals surface area contributed by atoms with Crippen LogP contribution >= 0.6 is 11.6 Å². The van der Waals surface area contributed by atoms with Crippen LogP contribution in [0.1, 0.15) is 29.8 Å². The van der Waals surface area contributed by atoms with E-state index in [1.807, 2.05) is 0 Å². The molecule has 0 aliphatic carbocycles. The molecule has 0 radical (unpaired) electrons. The minimum absolute atomic E-state index is 0.0480. The van der Waals surface area contributed by atoms with Gasteiger partial charge in [0.05, 0.1) is 44.5 Å². The van der Waals surface area contributed by atoms with Crippen LogP contribution in [-0.4, -0.2) is 26.7 Å². The maximum atomic E-state index is 12.2. The van der Waals surface area contributed by atoms with E-state index in [0.29, 0.717) is 10.5 Å². The number of hydrogen-bond acceptors (Lipinski definition) is 4. The van der Waals surface area contributed by atoms with Crippen molar-refractivity contribution in [3.63, 3.8) is 0 Å². The second-order valence-electron chi connectivity index (χ2n) is 4.77. The molecule has 116 valence electrons. The Morgan fingerprint density at radius 1 is 1.45 bits per heavy atom. The van der Waals surface area contributed by atoms with Crippen LogP contribution in [0.5, 0.6) is 0 Å². The molecule has 0 spiro atoms. The molecule has 1 aromatic heterocycles. The van der Waals surface area contributed by atoms with Gasteiger partial charge >= 0.3 is 5.97 Å². The highest BCUT2D eigenvalue weighted by atomic mass is 35.5. The fourth-order valence-corrected chi connectivity index (χ4v) is 3.10. The maximum Gasteiger partial charge on any atom is 0.337 e. The molecule has 1 heterocycles. The number of furan rings is 1. The van der Waals surface area contributed by atoms with Gasteiger partial charge < -0.3 is 9.52 Å². The summed E-state index contributed by atoms with van der Waals surface area (Å²) in [7, 11) is -1.38. The summed E-state index contributed by atoms with van der Waals surface area (Å²) in [4.78, 5) is 15.8. The normalized spacial score (nSPS) is 12.9. The first-order valence-electron chi connectivity index (χ1n) is 6.44. The summed E-state index contributed by atoms with van der Waals surface area (Å²) in [6, 6.07) is 4.42. The van der Waals surface area contributed by atoms with Crippen molar-refractivity contribution in [3.8, 4) is 0 Å². The number of carbonyl (C=O) groups is 1. The van der Waals surface area contributed by atoms with Gasteiger partial charge in [-0.1, -0.05) is 25.4 Å². The number of carboxylic acids is 1. The first-order valence-corrected chi connectivity index (χ1v) is 8.03. The summed E-state index contributed by atoms with van der Waals surface area (Å²) in [5.74, 6) is -1.15. The van der Waals surface area contributed by atoms with Crippen molar-refractivity contribution in [2.75, 3.05) is 0 Å². The zero-order valence-electron chi connectivity index (χ0n) is 11.9. The lowest BCUT2D eigenvalue weighted by Gasteiger charge is -2.10. The molecule has 0 fully saturated rings. The Labute approximate surface area is 135 Å². The van der Waals surface area contributed by atoms with Crippen LogP contribution < -0.4 is 0 Å². The number of aliphatic imine (C=N–C) groups is 1. The first-order chi connectivity index (χ1) is 10.4.